The lowest BCUT2D eigenvalue weighted by Crippen LogP contribution is -2.37. The summed E-state index contributed by atoms with van der Waals surface area (Å²) in [6, 6.07) is 19.8. The second-order valence-corrected chi connectivity index (χ2v) is 9.91. The maximum atomic E-state index is 12.3. The number of aromatic nitrogens is 5. The molecule has 2 aromatic carbocycles. The first-order valence-electron chi connectivity index (χ1n) is 10.7. The third kappa shape index (κ3) is 4.57. The van der Waals surface area contributed by atoms with Gasteiger partial charge in [-0.3, -0.25) is 18.5 Å². The van der Waals surface area contributed by atoms with E-state index in [4.69, 9.17) is 0 Å². The number of nitrogens with zero attached hydrogens (tertiary/aromatic N) is 5. The highest BCUT2D eigenvalue weighted by atomic mass is 32.2. The van der Waals surface area contributed by atoms with Crippen LogP contribution >= 0.6 is 11.8 Å². The predicted molar refractivity (Wildman–Crippen MR) is 132 cm³/mol. The highest BCUT2D eigenvalue weighted by molar-refractivity contribution is 7.98. The van der Waals surface area contributed by atoms with E-state index >= 15 is 0 Å². The minimum absolute atomic E-state index is 0.0648. The second-order valence-electron chi connectivity index (χ2n) is 8.97. The van der Waals surface area contributed by atoms with Crippen molar-refractivity contribution in [1.82, 2.24) is 23.9 Å². The topological polar surface area (TPSA) is 74.7 Å². The summed E-state index contributed by atoms with van der Waals surface area (Å²) in [6.45, 7) is 6.56. The largest absolute Gasteiger partial charge is 0.330 e. The molecule has 0 atom stereocenters. The summed E-state index contributed by atoms with van der Waals surface area (Å²) >= 11 is 1.44. The molecule has 170 valence electrons. The van der Waals surface area contributed by atoms with E-state index in [9.17, 15) is 9.59 Å². The van der Waals surface area contributed by atoms with Crippen LogP contribution in [0.15, 0.2) is 75.4 Å². The lowest BCUT2D eigenvalue weighted by atomic mass is 9.87. The summed E-state index contributed by atoms with van der Waals surface area (Å²) in [7, 11) is 3.15. The van der Waals surface area contributed by atoms with Gasteiger partial charge in [0.15, 0.2) is 11.0 Å². The molecule has 0 amide bonds. The third-order valence-corrected chi connectivity index (χ3v) is 6.59. The summed E-state index contributed by atoms with van der Waals surface area (Å²) < 4.78 is 4.60. The van der Waals surface area contributed by atoms with E-state index in [0.29, 0.717) is 16.6 Å². The van der Waals surface area contributed by atoms with Gasteiger partial charge < -0.3 is 0 Å². The van der Waals surface area contributed by atoms with Gasteiger partial charge in [0.25, 0.3) is 5.56 Å². The molecule has 33 heavy (non-hydrogen) atoms. The molecule has 4 aromatic rings. The van der Waals surface area contributed by atoms with Crippen LogP contribution in [0.2, 0.25) is 0 Å². The molecule has 0 spiro atoms. The van der Waals surface area contributed by atoms with Gasteiger partial charge in [0.1, 0.15) is 0 Å². The molecular formula is C25H27N5O2S. The van der Waals surface area contributed by atoms with Gasteiger partial charge in [-0.05, 0) is 23.1 Å². The van der Waals surface area contributed by atoms with E-state index in [0.717, 1.165) is 21.6 Å². The van der Waals surface area contributed by atoms with Crippen LogP contribution in [-0.2, 0) is 25.3 Å². The van der Waals surface area contributed by atoms with E-state index in [1.165, 1.54) is 35.0 Å². The normalized spacial score (nSPS) is 11.7. The Hall–Kier alpha value is -3.39. The highest BCUT2D eigenvalue weighted by Crippen LogP contribution is 2.31. The molecular weight excluding hydrogens is 434 g/mol. The fourth-order valence-electron chi connectivity index (χ4n) is 3.53. The molecule has 0 saturated carbocycles. The van der Waals surface area contributed by atoms with Gasteiger partial charge in [-0.2, -0.15) is 0 Å². The smallest absolute Gasteiger partial charge is 0.300 e. The minimum atomic E-state index is -0.345. The van der Waals surface area contributed by atoms with Gasteiger partial charge in [-0.25, -0.2) is 4.79 Å². The summed E-state index contributed by atoms with van der Waals surface area (Å²) in [5, 5.41) is 9.63. The molecule has 0 aliphatic rings. The molecule has 0 radical (unpaired) electrons. The second kappa shape index (κ2) is 8.86. The van der Waals surface area contributed by atoms with Crippen molar-refractivity contribution in [1.29, 1.82) is 0 Å². The van der Waals surface area contributed by atoms with Gasteiger partial charge in [-0.1, -0.05) is 75.0 Å². The van der Waals surface area contributed by atoms with Crippen molar-refractivity contribution in [3.63, 3.8) is 0 Å². The van der Waals surface area contributed by atoms with Crippen molar-refractivity contribution < 1.29 is 0 Å². The Labute approximate surface area is 196 Å². The Morgan fingerprint density at radius 2 is 1.55 bits per heavy atom. The van der Waals surface area contributed by atoms with Crippen LogP contribution in [-0.4, -0.2) is 23.9 Å². The first-order valence-corrected chi connectivity index (χ1v) is 11.7. The first kappa shape index (κ1) is 22.8. The Balaban J connectivity index is 1.74. The van der Waals surface area contributed by atoms with Crippen molar-refractivity contribution in [2.24, 2.45) is 14.1 Å². The fraction of sp³-hybridized carbons (Fsp3) is 0.280. The zero-order chi connectivity index (χ0) is 23.8. The van der Waals surface area contributed by atoms with Crippen LogP contribution in [0.4, 0.5) is 0 Å². The van der Waals surface area contributed by atoms with E-state index in [2.05, 4.69) is 55.2 Å². The molecule has 0 aliphatic heterocycles. The van der Waals surface area contributed by atoms with E-state index < -0.39 is 0 Å². The molecule has 0 fully saturated rings. The number of hydrogen-bond donors (Lipinski definition) is 0. The average molecular weight is 462 g/mol. The molecule has 0 saturated heterocycles. The number of rotatable bonds is 5. The Bertz CT molecular complexity index is 1390. The molecule has 2 aromatic heterocycles. The molecule has 7 nitrogen and oxygen atoms in total. The molecule has 4 rings (SSSR count). The average Bonchev–Trinajstić information content (AvgIpc) is 3.23. The van der Waals surface area contributed by atoms with Crippen LogP contribution < -0.4 is 11.2 Å². The monoisotopic (exact) mass is 461 g/mol. The van der Waals surface area contributed by atoms with Gasteiger partial charge in [0.05, 0.1) is 0 Å². The molecule has 0 bridgehead atoms. The van der Waals surface area contributed by atoms with Crippen molar-refractivity contribution in [2.75, 3.05) is 0 Å². The third-order valence-electron chi connectivity index (χ3n) is 5.63. The zero-order valence-electron chi connectivity index (χ0n) is 19.4. The Morgan fingerprint density at radius 1 is 0.879 bits per heavy atom. The van der Waals surface area contributed by atoms with Crippen LogP contribution in [0.1, 0.15) is 32.0 Å². The molecule has 0 N–H and O–H groups in total. The maximum Gasteiger partial charge on any atom is 0.330 e. The van der Waals surface area contributed by atoms with Crippen LogP contribution in [0, 0.1) is 0 Å². The molecule has 0 aliphatic carbocycles. The lowest BCUT2D eigenvalue weighted by Gasteiger charge is -2.19. The predicted octanol–water partition coefficient (Wildman–Crippen LogP) is 3.92. The quantitative estimate of drug-likeness (QED) is 0.421. The summed E-state index contributed by atoms with van der Waals surface area (Å²) in [5.41, 5.74) is 3.19. The number of hydrogen-bond acceptors (Lipinski definition) is 5. The highest BCUT2D eigenvalue weighted by Gasteiger charge is 2.19. The van der Waals surface area contributed by atoms with E-state index in [1.54, 1.807) is 7.05 Å². The van der Waals surface area contributed by atoms with Gasteiger partial charge in [0.2, 0.25) is 0 Å². The molecule has 2 heterocycles. The van der Waals surface area contributed by atoms with Crippen molar-refractivity contribution >= 4 is 11.8 Å². The van der Waals surface area contributed by atoms with Crippen LogP contribution in [0.5, 0.6) is 0 Å². The van der Waals surface area contributed by atoms with Crippen molar-refractivity contribution in [3.05, 3.63) is 92.8 Å². The molecule has 8 heteroatoms. The number of benzene rings is 2. The molecule has 0 unspecified atom stereocenters. The minimum Gasteiger partial charge on any atom is -0.300 e. The summed E-state index contributed by atoms with van der Waals surface area (Å²) in [5.74, 6) is 1.15. The zero-order valence-corrected chi connectivity index (χ0v) is 20.3. The van der Waals surface area contributed by atoms with Gasteiger partial charge in [-0.15, -0.1) is 10.2 Å². The standard InChI is InChI=1S/C25H27N5O2S/c1-25(2,3)18-13-11-17(12-14-18)22-26-27-23(30(22)19-9-7-6-8-10-19)33-16-20-15-21(31)29(5)24(32)28(20)4/h6-15H,16H2,1-5H3. The number of thioether (sulfide) groups is 1. The Kier molecular flexibility index (Phi) is 6.12. The SMILES string of the molecule is Cn1c(CSc2nnc(-c3ccc(C(C)(C)C)cc3)n2-c2ccccc2)cc(=O)n(C)c1=O. The van der Waals surface area contributed by atoms with E-state index in [-0.39, 0.29) is 16.7 Å². The van der Waals surface area contributed by atoms with E-state index in [1.807, 2.05) is 34.9 Å². The van der Waals surface area contributed by atoms with Gasteiger partial charge in [0, 0.05) is 42.9 Å². The lowest BCUT2D eigenvalue weighted by molar-refractivity contribution is 0.590. The summed E-state index contributed by atoms with van der Waals surface area (Å²) in [4.78, 5) is 24.4. The van der Waals surface area contributed by atoms with Crippen molar-refractivity contribution in [2.45, 2.75) is 37.1 Å². The Morgan fingerprint density at radius 3 is 2.18 bits per heavy atom. The van der Waals surface area contributed by atoms with Crippen LogP contribution in [0.25, 0.3) is 17.1 Å². The maximum absolute atomic E-state index is 12.3. The fourth-order valence-corrected chi connectivity index (χ4v) is 4.51. The summed E-state index contributed by atoms with van der Waals surface area (Å²) in [6.07, 6.45) is 0. The van der Waals surface area contributed by atoms with Crippen LogP contribution in [0.3, 0.4) is 0 Å². The van der Waals surface area contributed by atoms with Gasteiger partial charge >= 0.3 is 5.69 Å². The number of para-hydroxylation sites is 1. The first-order chi connectivity index (χ1) is 15.7. The van der Waals surface area contributed by atoms with Crippen molar-refractivity contribution in [3.8, 4) is 17.1 Å².